The van der Waals surface area contributed by atoms with E-state index in [9.17, 15) is 5.26 Å². The second-order valence-corrected chi connectivity index (χ2v) is 6.89. The SMILES string of the molecule is CC(C)NC1(C#N)CCCC1CCSc1ccccn1. The second-order valence-electron chi connectivity index (χ2n) is 5.78. The quantitative estimate of drug-likeness (QED) is 0.813. The van der Waals surface area contributed by atoms with Crippen LogP contribution in [0.15, 0.2) is 29.4 Å². The van der Waals surface area contributed by atoms with Crippen LogP contribution in [0.5, 0.6) is 0 Å². The van der Waals surface area contributed by atoms with Crippen molar-refractivity contribution in [1.29, 1.82) is 5.26 Å². The Hall–Kier alpha value is -1.05. The molecule has 2 atom stereocenters. The van der Waals surface area contributed by atoms with Crippen LogP contribution >= 0.6 is 11.8 Å². The summed E-state index contributed by atoms with van der Waals surface area (Å²) < 4.78 is 0. The van der Waals surface area contributed by atoms with E-state index in [1.165, 1.54) is 0 Å². The third kappa shape index (κ3) is 3.74. The Bertz CT molecular complexity index is 455. The molecule has 1 saturated carbocycles. The molecule has 0 aliphatic heterocycles. The number of rotatable bonds is 6. The number of hydrogen-bond acceptors (Lipinski definition) is 4. The molecule has 20 heavy (non-hydrogen) atoms. The highest BCUT2D eigenvalue weighted by Gasteiger charge is 2.42. The molecule has 1 aliphatic rings. The van der Waals surface area contributed by atoms with Crippen molar-refractivity contribution in [2.75, 3.05) is 5.75 Å². The normalized spacial score (nSPS) is 25.8. The molecule has 1 fully saturated rings. The van der Waals surface area contributed by atoms with Crippen molar-refractivity contribution in [3.63, 3.8) is 0 Å². The van der Waals surface area contributed by atoms with Gasteiger partial charge in [-0.25, -0.2) is 4.98 Å². The summed E-state index contributed by atoms with van der Waals surface area (Å²) in [5, 5.41) is 14.2. The standard InChI is InChI=1S/C16H23N3S/c1-13(2)19-16(12-17)9-5-6-14(16)8-11-20-15-7-3-4-10-18-15/h3-4,7,10,13-14,19H,5-6,8-9,11H2,1-2H3. The fourth-order valence-corrected chi connectivity index (χ4v) is 4.01. The van der Waals surface area contributed by atoms with E-state index >= 15 is 0 Å². The number of thioether (sulfide) groups is 1. The lowest BCUT2D eigenvalue weighted by Crippen LogP contribution is -2.50. The molecule has 108 valence electrons. The van der Waals surface area contributed by atoms with Crippen LogP contribution in [0.2, 0.25) is 0 Å². The predicted octanol–water partition coefficient (Wildman–Crippen LogP) is 3.62. The molecule has 0 saturated heterocycles. The van der Waals surface area contributed by atoms with Crippen LogP contribution < -0.4 is 5.32 Å². The van der Waals surface area contributed by atoms with Gasteiger partial charge >= 0.3 is 0 Å². The van der Waals surface area contributed by atoms with Gasteiger partial charge < -0.3 is 0 Å². The summed E-state index contributed by atoms with van der Waals surface area (Å²) in [6.07, 6.45) is 6.22. The zero-order chi connectivity index (χ0) is 14.4. The van der Waals surface area contributed by atoms with Crippen molar-refractivity contribution in [3.05, 3.63) is 24.4 Å². The molecule has 2 rings (SSSR count). The first kappa shape index (κ1) is 15.3. The third-order valence-corrected chi connectivity index (χ3v) is 4.90. The van der Waals surface area contributed by atoms with E-state index in [1.54, 1.807) is 11.8 Å². The first-order valence-electron chi connectivity index (χ1n) is 7.39. The number of nitrogens with zero attached hydrogens (tertiary/aromatic N) is 2. The summed E-state index contributed by atoms with van der Waals surface area (Å²) in [6.45, 7) is 4.24. The van der Waals surface area contributed by atoms with Gasteiger partial charge in [0, 0.05) is 12.2 Å². The molecule has 1 aliphatic carbocycles. The molecule has 1 aromatic rings. The Morgan fingerprint density at radius 1 is 1.55 bits per heavy atom. The minimum Gasteiger partial charge on any atom is -0.297 e. The molecule has 1 heterocycles. The molecule has 3 nitrogen and oxygen atoms in total. The lowest BCUT2D eigenvalue weighted by atomic mass is 9.86. The Balaban J connectivity index is 1.89. The lowest BCUT2D eigenvalue weighted by molar-refractivity contribution is 0.289. The summed E-state index contributed by atoms with van der Waals surface area (Å²) in [4.78, 5) is 4.33. The van der Waals surface area contributed by atoms with Crippen molar-refractivity contribution < 1.29 is 0 Å². The summed E-state index contributed by atoms with van der Waals surface area (Å²) >= 11 is 1.79. The van der Waals surface area contributed by atoms with E-state index in [0.29, 0.717) is 12.0 Å². The zero-order valence-electron chi connectivity index (χ0n) is 12.3. The minimum atomic E-state index is -0.307. The molecule has 0 spiro atoms. The predicted molar refractivity (Wildman–Crippen MR) is 83.5 cm³/mol. The monoisotopic (exact) mass is 289 g/mol. The molecule has 4 heteroatoms. The molecule has 0 bridgehead atoms. The molecular weight excluding hydrogens is 266 g/mol. The first-order chi connectivity index (χ1) is 9.66. The van der Waals surface area contributed by atoms with Gasteiger partial charge in [-0.3, -0.25) is 5.32 Å². The number of nitriles is 1. The summed E-state index contributed by atoms with van der Waals surface area (Å²) in [7, 11) is 0. The van der Waals surface area contributed by atoms with Gasteiger partial charge in [-0.2, -0.15) is 5.26 Å². The average Bonchev–Trinajstić information content (AvgIpc) is 2.83. The van der Waals surface area contributed by atoms with E-state index in [0.717, 1.165) is 36.5 Å². The molecule has 0 radical (unpaired) electrons. The summed E-state index contributed by atoms with van der Waals surface area (Å²) in [5.41, 5.74) is -0.307. The summed E-state index contributed by atoms with van der Waals surface area (Å²) in [5.74, 6) is 1.50. The van der Waals surface area contributed by atoms with Crippen LogP contribution in [0.4, 0.5) is 0 Å². The van der Waals surface area contributed by atoms with Crippen LogP contribution in [-0.2, 0) is 0 Å². The average molecular weight is 289 g/mol. The van der Waals surface area contributed by atoms with Gasteiger partial charge in [-0.15, -0.1) is 11.8 Å². The molecule has 0 aromatic carbocycles. The maximum absolute atomic E-state index is 9.62. The Morgan fingerprint density at radius 2 is 2.40 bits per heavy atom. The van der Waals surface area contributed by atoms with E-state index in [4.69, 9.17) is 0 Å². The van der Waals surface area contributed by atoms with Gasteiger partial charge in [0.1, 0.15) is 5.54 Å². The Labute approximate surface area is 126 Å². The maximum atomic E-state index is 9.62. The molecule has 2 unspecified atom stereocenters. The zero-order valence-corrected chi connectivity index (χ0v) is 13.1. The fourth-order valence-electron chi connectivity index (χ4n) is 3.09. The van der Waals surface area contributed by atoms with Crippen molar-refractivity contribution in [2.45, 2.75) is 56.1 Å². The van der Waals surface area contributed by atoms with Crippen LogP contribution in [0.25, 0.3) is 0 Å². The smallest absolute Gasteiger partial charge is 0.109 e. The fraction of sp³-hybridized carbons (Fsp3) is 0.625. The van der Waals surface area contributed by atoms with Crippen molar-refractivity contribution in [1.82, 2.24) is 10.3 Å². The topological polar surface area (TPSA) is 48.7 Å². The molecule has 1 aromatic heterocycles. The number of pyridine rings is 1. The minimum absolute atomic E-state index is 0.307. The third-order valence-electron chi connectivity index (χ3n) is 3.92. The van der Waals surface area contributed by atoms with Gasteiger partial charge in [-0.05, 0) is 56.9 Å². The van der Waals surface area contributed by atoms with Gasteiger partial charge in [0.15, 0.2) is 0 Å². The van der Waals surface area contributed by atoms with E-state index in [1.807, 2.05) is 24.4 Å². The van der Waals surface area contributed by atoms with E-state index < -0.39 is 0 Å². The summed E-state index contributed by atoms with van der Waals surface area (Å²) in [6, 6.07) is 8.93. The van der Waals surface area contributed by atoms with Crippen molar-refractivity contribution >= 4 is 11.8 Å². The largest absolute Gasteiger partial charge is 0.297 e. The van der Waals surface area contributed by atoms with E-state index in [-0.39, 0.29) is 5.54 Å². The number of nitrogens with one attached hydrogen (secondary N) is 1. The van der Waals surface area contributed by atoms with Crippen molar-refractivity contribution in [2.24, 2.45) is 5.92 Å². The number of aromatic nitrogens is 1. The van der Waals surface area contributed by atoms with Crippen molar-refractivity contribution in [3.8, 4) is 6.07 Å². The van der Waals surface area contributed by atoms with Gasteiger partial charge in [0.25, 0.3) is 0 Å². The van der Waals surface area contributed by atoms with Crippen LogP contribution in [0, 0.1) is 17.2 Å². The van der Waals surface area contributed by atoms with Gasteiger partial charge in [0.2, 0.25) is 0 Å². The molecule has 1 N–H and O–H groups in total. The number of hydrogen-bond donors (Lipinski definition) is 1. The Morgan fingerprint density at radius 3 is 3.05 bits per heavy atom. The molecule has 0 amide bonds. The van der Waals surface area contributed by atoms with Crippen LogP contribution in [0.1, 0.15) is 39.5 Å². The van der Waals surface area contributed by atoms with E-state index in [2.05, 4.69) is 30.2 Å². The highest BCUT2D eigenvalue weighted by molar-refractivity contribution is 7.99. The van der Waals surface area contributed by atoms with Crippen LogP contribution in [-0.4, -0.2) is 22.3 Å². The van der Waals surface area contributed by atoms with Crippen LogP contribution in [0.3, 0.4) is 0 Å². The molecular formula is C16H23N3S. The highest BCUT2D eigenvalue weighted by atomic mass is 32.2. The maximum Gasteiger partial charge on any atom is 0.109 e. The Kier molecular flexibility index (Phi) is 5.45. The van der Waals surface area contributed by atoms with Gasteiger partial charge in [-0.1, -0.05) is 12.5 Å². The second kappa shape index (κ2) is 7.10. The first-order valence-corrected chi connectivity index (χ1v) is 8.37. The lowest BCUT2D eigenvalue weighted by Gasteiger charge is -2.32. The van der Waals surface area contributed by atoms with Gasteiger partial charge in [0.05, 0.1) is 11.1 Å². The highest BCUT2D eigenvalue weighted by Crippen LogP contribution is 2.39.